The highest BCUT2D eigenvalue weighted by Gasteiger charge is 2.29. The van der Waals surface area contributed by atoms with Crippen LogP contribution in [0.4, 0.5) is 9.93 Å². The quantitative estimate of drug-likeness (QED) is 0.927. The number of rotatable bonds is 3. The number of nitrogens with zero attached hydrogens (tertiary/aromatic N) is 3. The Bertz CT molecular complexity index is 518. The maximum atomic E-state index is 12.1. The molecule has 1 N–H and O–H groups in total. The Hall–Kier alpha value is -1.50. The summed E-state index contributed by atoms with van der Waals surface area (Å²) < 4.78 is 4.26. The minimum absolute atomic E-state index is 0.113. The summed E-state index contributed by atoms with van der Waals surface area (Å²) in [7, 11) is 0. The molecule has 0 atom stereocenters. The van der Waals surface area contributed by atoms with Gasteiger partial charge in [-0.2, -0.15) is 4.37 Å². The van der Waals surface area contributed by atoms with Crippen LogP contribution in [-0.4, -0.2) is 39.2 Å². The van der Waals surface area contributed by atoms with Gasteiger partial charge in [0.2, 0.25) is 5.13 Å². The van der Waals surface area contributed by atoms with Crippen molar-refractivity contribution in [1.29, 1.82) is 0 Å². The van der Waals surface area contributed by atoms with Gasteiger partial charge in [0.25, 0.3) is 0 Å². The first-order valence-electron chi connectivity index (χ1n) is 7.03. The number of amides is 2. The van der Waals surface area contributed by atoms with Crippen LogP contribution in [0.3, 0.4) is 0 Å². The second-order valence-corrected chi connectivity index (χ2v) is 6.29. The molecule has 0 spiro atoms. The lowest BCUT2D eigenvalue weighted by molar-refractivity contribution is -0.121. The summed E-state index contributed by atoms with van der Waals surface area (Å²) in [6.45, 7) is 2.88. The zero-order valence-corrected chi connectivity index (χ0v) is 12.3. The van der Waals surface area contributed by atoms with Crippen LogP contribution in [0.5, 0.6) is 0 Å². The van der Waals surface area contributed by atoms with Crippen LogP contribution in [-0.2, 0) is 4.79 Å². The van der Waals surface area contributed by atoms with E-state index in [2.05, 4.69) is 14.7 Å². The number of aromatic nitrogens is 2. The highest BCUT2D eigenvalue weighted by atomic mass is 32.1. The lowest BCUT2D eigenvalue weighted by Crippen LogP contribution is -2.42. The van der Waals surface area contributed by atoms with E-state index in [1.807, 2.05) is 0 Å². The van der Waals surface area contributed by atoms with Gasteiger partial charge >= 0.3 is 6.03 Å². The number of hydrogen-bond donors (Lipinski definition) is 1. The second kappa shape index (κ2) is 5.47. The molecule has 20 heavy (non-hydrogen) atoms. The molecule has 108 valence electrons. The van der Waals surface area contributed by atoms with Crippen molar-refractivity contribution in [1.82, 2.24) is 14.3 Å². The zero-order valence-electron chi connectivity index (χ0n) is 11.5. The molecule has 7 heteroatoms. The van der Waals surface area contributed by atoms with Gasteiger partial charge in [-0.25, -0.2) is 9.78 Å². The molecule has 2 fully saturated rings. The van der Waals surface area contributed by atoms with Crippen LogP contribution in [0, 0.1) is 5.92 Å². The smallest absolute Gasteiger partial charge is 0.323 e. The monoisotopic (exact) mass is 294 g/mol. The third-order valence-electron chi connectivity index (χ3n) is 3.96. The van der Waals surface area contributed by atoms with Gasteiger partial charge in [-0.3, -0.25) is 10.1 Å². The molecule has 1 saturated carbocycles. The summed E-state index contributed by atoms with van der Waals surface area (Å²) >= 11 is 1.24. The fourth-order valence-electron chi connectivity index (χ4n) is 2.45. The van der Waals surface area contributed by atoms with E-state index in [0.29, 0.717) is 24.1 Å². The van der Waals surface area contributed by atoms with E-state index >= 15 is 0 Å². The Kier molecular flexibility index (Phi) is 3.69. The van der Waals surface area contributed by atoms with Gasteiger partial charge in [0, 0.05) is 36.5 Å². The summed E-state index contributed by atoms with van der Waals surface area (Å²) in [5, 5.41) is 3.38. The minimum Gasteiger partial charge on any atom is -0.324 e. The van der Waals surface area contributed by atoms with E-state index in [0.717, 1.165) is 31.5 Å². The number of anilines is 1. The third-order valence-corrected chi connectivity index (χ3v) is 4.60. The molecule has 0 aromatic carbocycles. The van der Waals surface area contributed by atoms with E-state index in [-0.39, 0.29) is 17.7 Å². The minimum atomic E-state index is -0.134. The predicted octanol–water partition coefficient (Wildman–Crippen LogP) is 2.25. The average molecular weight is 294 g/mol. The van der Waals surface area contributed by atoms with Crippen LogP contribution in [0.1, 0.15) is 44.3 Å². The van der Waals surface area contributed by atoms with Gasteiger partial charge in [-0.05, 0) is 32.6 Å². The molecule has 1 aliphatic heterocycles. The van der Waals surface area contributed by atoms with Gasteiger partial charge in [-0.1, -0.05) is 0 Å². The van der Waals surface area contributed by atoms with Crippen molar-refractivity contribution in [2.75, 3.05) is 18.4 Å². The predicted molar refractivity (Wildman–Crippen MR) is 75.9 cm³/mol. The van der Waals surface area contributed by atoms with E-state index < -0.39 is 0 Å². The Morgan fingerprint density at radius 1 is 1.25 bits per heavy atom. The molecule has 1 aromatic rings. The Labute approximate surface area is 121 Å². The first-order chi connectivity index (χ1) is 9.63. The fraction of sp³-hybridized carbons (Fsp3) is 0.692. The Morgan fingerprint density at radius 3 is 2.55 bits per heavy atom. The van der Waals surface area contributed by atoms with Gasteiger partial charge in [0.1, 0.15) is 11.6 Å². The van der Waals surface area contributed by atoms with Crippen LogP contribution < -0.4 is 5.32 Å². The van der Waals surface area contributed by atoms with Gasteiger partial charge in [0.15, 0.2) is 0 Å². The van der Waals surface area contributed by atoms with Crippen molar-refractivity contribution in [3.05, 3.63) is 5.82 Å². The average Bonchev–Trinajstić information content (AvgIpc) is 3.20. The van der Waals surface area contributed by atoms with Crippen molar-refractivity contribution in [2.24, 2.45) is 5.92 Å². The molecule has 6 nitrogen and oxygen atoms in total. The normalized spacial score (nSPS) is 19.9. The molecule has 2 aliphatic rings. The van der Waals surface area contributed by atoms with Crippen molar-refractivity contribution < 1.29 is 9.59 Å². The molecular formula is C13H18N4O2S. The number of carbonyl (C=O) groups excluding carboxylic acids is 2. The molecule has 0 unspecified atom stereocenters. The van der Waals surface area contributed by atoms with Crippen molar-refractivity contribution >= 4 is 28.5 Å². The van der Waals surface area contributed by atoms with Gasteiger partial charge in [-0.15, -0.1) is 0 Å². The first-order valence-corrected chi connectivity index (χ1v) is 7.81. The summed E-state index contributed by atoms with van der Waals surface area (Å²) in [5.41, 5.74) is 0. The number of hydrogen-bond acceptors (Lipinski definition) is 5. The molecule has 1 saturated heterocycles. The largest absolute Gasteiger partial charge is 0.324 e. The standard InChI is InChI=1S/C13H18N4O2S/c1-8(18)9-4-6-17(7-5-9)13(19)15-12-14-11(16-20-12)10-2-3-10/h9-10H,2-7H2,1H3,(H,14,15,16,19). The number of likely N-dealkylation sites (tertiary alicyclic amines) is 1. The molecule has 0 radical (unpaired) electrons. The molecule has 2 heterocycles. The molecule has 0 bridgehead atoms. The zero-order chi connectivity index (χ0) is 14.1. The van der Waals surface area contributed by atoms with E-state index in [9.17, 15) is 9.59 Å². The number of nitrogens with one attached hydrogen (secondary N) is 1. The van der Waals surface area contributed by atoms with Crippen LogP contribution in [0.2, 0.25) is 0 Å². The summed E-state index contributed by atoms with van der Waals surface area (Å²) in [5.74, 6) is 1.70. The van der Waals surface area contributed by atoms with Crippen LogP contribution in [0.15, 0.2) is 0 Å². The number of piperidine rings is 1. The van der Waals surface area contributed by atoms with E-state index in [1.165, 1.54) is 11.5 Å². The van der Waals surface area contributed by atoms with Gasteiger partial charge in [0.05, 0.1) is 0 Å². The lowest BCUT2D eigenvalue weighted by atomic mass is 9.94. The molecule has 3 rings (SSSR count). The van der Waals surface area contributed by atoms with Crippen LogP contribution >= 0.6 is 11.5 Å². The lowest BCUT2D eigenvalue weighted by Gasteiger charge is -2.30. The first kappa shape index (κ1) is 13.5. The molecule has 1 aliphatic carbocycles. The number of carbonyl (C=O) groups is 2. The topological polar surface area (TPSA) is 75.2 Å². The second-order valence-electron chi connectivity index (χ2n) is 5.53. The Balaban J connectivity index is 1.52. The highest BCUT2D eigenvalue weighted by Crippen LogP contribution is 2.39. The Morgan fingerprint density at radius 2 is 1.95 bits per heavy atom. The summed E-state index contributed by atoms with van der Waals surface area (Å²) in [6, 6.07) is -0.134. The molecular weight excluding hydrogens is 276 g/mol. The van der Waals surface area contributed by atoms with E-state index in [1.54, 1.807) is 11.8 Å². The SMILES string of the molecule is CC(=O)C1CCN(C(=O)Nc2nc(C3CC3)ns2)CC1. The number of urea groups is 1. The van der Waals surface area contributed by atoms with Crippen LogP contribution in [0.25, 0.3) is 0 Å². The van der Waals surface area contributed by atoms with Crippen molar-refractivity contribution in [3.8, 4) is 0 Å². The highest BCUT2D eigenvalue weighted by molar-refractivity contribution is 7.09. The summed E-state index contributed by atoms with van der Waals surface area (Å²) in [4.78, 5) is 29.5. The summed E-state index contributed by atoms with van der Waals surface area (Å²) in [6.07, 6.45) is 3.82. The molecule has 2 amide bonds. The maximum Gasteiger partial charge on any atom is 0.323 e. The number of ketones is 1. The van der Waals surface area contributed by atoms with Crippen molar-refractivity contribution in [2.45, 2.75) is 38.5 Å². The fourth-order valence-corrected chi connectivity index (χ4v) is 3.09. The van der Waals surface area contributed by atoms with E-state index in [4.69, 9.17) is 0 Å². The van der Waals surface area contributed by atoms with Crippen molar-refractivity contribution in [3.63, 3.8) is 0 Å². The molecule has 1 aromatic heterocycles. The van der Waals surface area contributed by atoms with Gasteiger partial charge < -0.3 is 4.90 Å². The number of Topliss-reactive ketones (excluding diaryl/α,β-unsaturated/α-hetero) is 1. The maximum absolute atomic E-state index is 12.1. The third kappa shape index (κ3) is 2.98.